The average Bonchev–Trinajstić information content (AvgIpc) is 2.36. The number of carbonyl (C=O) groups is 1. The molecule has 1 rings (SSSR count). The first-order valence-electron chi connectivity index (χ1n) is 5.44. The van der Waals surface area contributed by atoms with Gasteiger partial charge in [0.1, 0.15) is 0 Å². The zero-order valence-corrected chi connectivity index (χ0v) is 11.6. The smallest absolute Gasteiger partial charge is 0.230 e. The number of hydrogen-bond donors (Lipinski definition) is 2. The minimum atomic E-state index is -0.667. The van der Waals surface area contributed by atoms with Crippen molar-refractivity contribution >= 4 is 29.3 Å². The van der Waals surface area contributed by atoms with Crippen LogP contribution in [0.3, 0.4) is 0 Å². The van der Waals surface area contributed by atoms with Gasteiger partial charge in [-0.25, -0.2) is 0 Å². The minimum Gasteiger partial charge on any atom is -0.389 e. The number of ether oxygens (including phenoxy) is 1. The Kier molecular flexibility index (Phi) is 7.12. The quantitative estimate of drug-likeness (QED) is 0.748. The molecule has 0 heterocycles. The lowest BCUT2D eigenvalue weighted by Gasteiger charge is -2.10. The maximum absolute atomic E-state index is 11.5. The first kappa shape index (κ1) is 15.3. The van der Waals surface area contributed by atoms with Gasteiger partial charge >= 0.3 is 0 Å². The Morgan fingerprint density at radius 3 is 2.78 bits per heavy atom. The Morgan fingerprint density at radius 2 is 2.17 bits per heavy atom. The molecule has 0 aromatic heterocycles. The lowest BCUT2D eigenvalue weighted by Crippen LogP contribution is -2.35. The zero-order chi connectivity index (χ0) is 13.4. The van der Waals surface area contributed by atoms with Gasteiger partial charge in [0.15, 0.2) is 0 Å². The van der Waals surface area contributed by atoms with Crippen molar-refractivity contribution in [2.24, 2.45) is 0 Å². The Morgan fingerprint density at radius 1 is 1.50 bits per heavy atom. The molecule has 0 saturated heterocycles. The highest BCUT2D eigenvalue weighted by molar-refractivity contribution is 8.00. The first-order valence-corrected chi connectivity index (χ1v) is 6.80. The summed E-state index contributed by atoms with van der Waals surface area (Å²) in [5.41, 5.74) is 0. The van der Waals surface area contributed by atoms with E-state index in [-0.39, 0.29) is 19.1 Å². The summed E-state index contributed by atoms with van der Waals surface area (Å²) in [7, 11) is 1.50. The molecule has 6 heteroatoms. The maximum atomic E-state index is 11.5. The Labute approximate surface area is 116 Å². The van der Waals surface area contributed by atoms with Crippen LogP contribution >= 0.6 is 23.4 Å². The van der Waals surface area contributed by atoms with E-state index in [9.17, 15) is 9.90 Å². The number of methoxy groups -OCH3 is 1. The fourth-order valence-corrected chi connectivity index (χ4v) is 2.07. The predicted octanol–water partition coefficient (Wildman–Crippen LogP) is 1.56. The highest BCUT2D eigenvalue weighted by atomic mass is 35.5. The van der Waals surface area contributed by atoms with Gasteiger partial charge in [-0.2, -0.15) is 0 Å². The number of rotatable bonds is 7. The van der Waals surface area contributed by atoms with E-state index in [2.05, 4.69) is 5.32 Å². The molecule has 2 N–H and O–H groups in total. The van der Waals surface area contributed by atoms with Crippen molar-refractivity contribution in [2.75, 3.05) is 26.0 Å². The van der Waals surface area contributed by atoms with Crippen molar-refractivity contribution in [1.29, 1.82) is 0 Å². The van der Waals surface area contributed by atoms with Crippen molar-refractivity contribution < 1.29 is 14.6 Å². The summed E-state index contributed by atoms with van der Waals surface area (Å²) in [4.78, 5) is 12.5. The van der Waals surface area contributed by atoms with Gasteiger partial charge in [0, 0.05) is 23.6 Å². The number of nitrogens with one attached hydrogen (secondary N) is 1. The largest absolute Gasteiger partial charge is 0.389 e. The second-order valence-electron chi connectivity index (χ2n) is 3.66. The van der Waals surface area contributed by atoms with E-state index in [1.807, 2.05) is 12.1 Å². The van der Waals surface area contributed by atoms with E-state index in [1.165, 1.54) is 18.9 Å². The van der Waals surface area contributed by atoms with E-state index >= 15 is 0 Å². The molecule has 1 aromatic carbocycles. The fraction of sp³-hybridized carbons (Fsp3) is 0.417. The van der Waals surface area contributed by atoms with Gasteiger partial charge in [0.2, 0.25) is 5.91 Å². The van der Waals surface area contributed by atoms with Crippen molar-refractivity contribution in [3.8, 4) is 0 Å². The van der Waals surface area contributed by atoms with Gasteiger partial charge in [-0.15, -0.1) is 11.8 Å². The topological polar surface area (TPSA) is 58.6 Å². The van der Waals surface area contributed by atoms with Gasteiger partial charge in [-0.3, -0.25) is 4.79 Å². The van der Waals surface area contributed by atoms with Crippen LogP contribution in [0.2, 0.25) is 5.02 Å². The number of aliphatic hydroxyl groups excluding tert-OH is 1. The summed E-state index contributed by atoms with van der Waals surface area (Å²) in [6.07, 6.45) is -0.667. The molecule has 0 aliphatic rings. The van der Waals surface area contributed by atoms with Crippen LogP contribution in [0.25, 0.3) is 0 Å². The molecule has 0 spiro atoms. The molecular formula is C12H16ClNO3S. The van der Waals surface area contributed by atoms with Gasteiger partial charge in [0.05, 0.1) is 18.5 Å². The standard InChI is InChI=1S/C12H16ClNO3S/c1-17-7-10(15)6-14-12(16)8-18-11-4-2-9(13)3-5-11/h2-5,10,15H,6-8H2,1H3,(H,14,16). The van der Waals surface area contributed by atoms with Crippen LogP contribution in [0.15, 0.2) is 29.2 Å². The Bertz CT molecular complexity index is 372. The fourth-order valence-electron chi connectivity index (χ4n) is 1.21. The van der Waals surface area contributed by atoms with Crippen LogP contribution in [0.1, 0.15) is 0 Å². The molecule has 1 aromatic rings. The van der Waals surface area contributed by atoms with E-state index in [0.717, 1.165) is 4.90 Å². The van der Waals surface area contributed by atoms with Crippen molar-refractivity contribution in [3.63, 3.8) is 0 Å². The van der Waals surface area contributed by atoms with Gasteiger partial charge in [-0.1, -0.05) is 11.6 Å². The van der Waals surface area contributed by atoms with Crippen LogP contribution in [-0.2, 0) is 9.53 Å². The number of carbonyl (C=O) groups excluding carboxylic acids is 1. The van der Waals surface area contributed by atoms with Crippen LogP contribution in [-0.4, -0.2) is 43.1 Å². The zero-order valence-electron chi connectivity index (χ0n) is 10.1. The number of hydrogen-bond acceptors (Lipinski definition) is 4. The van der Waals surface area contributed by atoms with Gasteiger partial charge in [0.25, 0.3) is 0 Å². The van der Waals surface area contributed by atoms with Crippen LogP contribution < -0.4 is 5.32 Å². The number of amides is 1. The summed E-state index contributed by atoms with van der Waals surface area (Å²) in [5, 5.41) is 12.7. The first-order chi connectivity index (χ1) is 8.61. The molecule has 1 amide bonds. The molecular weight excluding hydrogens is 274 g/mol. The molecule has 0 fully saturated rings. The van der Waals surface area contributed by atoms with Crippen LogP contribution in [0.4, 0.5) is 0 Å². The molecule has 0 radical (unpaired) electrons. The summed E-state index contributed by atoms with van der Waals surface area (Å²) in [6, 6.07) is 7.29. The third kappa shape index (κ3) is 6.26. The summed E-state index contributed by atoms with van der Waals surface area (Å²) in [6.45, 7) is 0.415. The maximum Gasteiger partial charge on any atom is 0.230 e. The summed E-state index contributed by atoms with van der Waals surface area (Å²) in [5.74, 6) is 0.187. The normalized spacial score (nSPS) is 12.2. The van der Waals surface area contributed by atoms with Crippen molar-refractivity contribution in [1.82, 2.24) is 5.32 Å². The number of benzene rings is 1. The predicted molar refractivity (Wildman–Crippen MR) is 73.1 cm³/mol. The monoisotopic (exact) mass is 289 g/mol. The summed E-state index contributed by atoms with van der Waals surface area (Å²) < 4.78 is 4.76. The second kappa shape index (κ2) is 8.37. The Balaban J connectivity index is 2.22. The number of aliphatic hydroxyl groups is 1. The van der Waals surface area contributed by atoms with E-state index in [1.54, 1.807) is 12.1 Å². The molecule has 0 aliphatic carbocycles. The average molecular weight is 290 g/mol. The SMILES string of the molecule is COCC(O)CNC(=O)CSc1ccc(Cl)cc1. The number of thioether (sulfide) groups is 1. The molecule has 0 saturated carbocycles. The van der Waals surface area contributed by atoms with Crippen molar-refractivity contribution in [2.45, 2.75) is 11.0 Å². The van der Waals surface area contributed by atoms with Crippen LogP contribution in [0.5, 0.6) is 0 Å². The molecule has 18 heavy (non-hydrogen) atoms. The molecule has 1 atom stereocenters. The van der Waals surface area contributed by atoms with Gasteiger partial charge in [-0.05, 0) is 24.3 Å². The molecule has 1 unspecified atom stereocenters. The minimum absolute atomic E-state index is 0.120. The summed E-state index contributed by atoms with van der Waals surface area (Å²) >= 11 is 7.18. The van der Waals surface area contributed by atoms with Gasteiger partial charge < -0.3 is 15.2 Å². The second-order valence-corrected chi connectivity index (χ2v) is 5.14. The van der Waals surface area contributed by atoms with Crippen LogP contribution in [0, 0.1) is 0 Å². The van der Waals surface area contributed by atoms with E-state index < -0.39 is 6.10 Å². The lowest BCUT2D eigenvalue weighted by atomic mass is 10.4. The van der Waals surface area contributed by atoms with E-state index in [4.69, 9.17) is 16.3 Å². The molecule has 100 valence electrons. The molecule has 4 nitrogen and oxygen atoms in total. The lowest BCUT2D eigenvalue weighted by molar-refractivity contribution is -0.119. The third-order valence-corrected chi connectivity index (χ3v) is 3.34. The third-order valence-electron chi connectivity index (χ3n) is 2.08. The Hall–Kier alpha value is -0.750. The van der Waals surface area contributed by atoms with E-state index in [0.29, 0.717) is 10.8 Å². The molecule has 0 aliphatic heterocycles. The highest BCUT2D eigenvalue weighted by Gasteiger charge is 2.07. The number of halogens is 1. The highest BCUT2D eigenvalue weighted by Crippen LogP contribution is 2.19. The molecule has 0 bridgehead atoms. The van der Waals surface area contributed by atoms with Crippen molar-refractivity contribution in [3.05, 3.63) is 29.3 Å².